The van der Waals surface area contributed by atoms with Crippen molar-refractivity contribution in [2.75, 3.05) is 11.8 Å². The van der Waals surface area contributed by atoms with E-state index in [0.29, 0.717) is 35.0 Å². The van der Waals surface area contributed by atoms with Crippen molar-refractivity contribution in [3.05, 3.63) is 40.1 Å². The average Bonchev–Trinajstić information content (AvgIpc) is 3.12. The number of rotatable bonds is 5. The Bertz CT molecular complexity index is 1060. The number of halogens is 2. The van der Waals surface area contributed by atoms with Crippen molar-refractivity contribution >= 4 is 44.0 Å². The van der Waals surface area contributed by atoms with Crippen LogP contribution in [0.25, 0.3) is 0 Å². The van der Waals surface area contributed by atoms with Crippen molar-refractivity contribution in [3.63, 3.8) is 0 Å². The first-order valence-electron chi connectivity index (χ1n) is 9.30. The third-order valence-electron chi connectivity index (χ3n) is 5.64. The fourth-order valence-electron chi connectivity index (χ4n) is 4.25. The molecule has 162 valence electrons. The Labute approximate surface area is 182 Å². The summed E-state index contributed by atoms with van der Waals surface area (Å²) in [7, 11) is -2.26. The zero-order valence-electron chi connectivity index (χ0n) is 15.9. The van der Waals surface area contributed by atoms with Crippen LogP contribution in [0.15, 0.2) is 24.4 Å². The fraction of sp³-hybridized carbons (Fsp3) is 0.444. The summed E-state index contributed by atoms with van der Waals surface area (Å²) in [6.07, 6.45) is 1.98. The van der Waals surface area contributed by atoms with Crippen LogP contribution in [0.2, 0.25) is 5.02 Å². The van der Waals surface area contributed by atoms with E-state index in [1.807, 2.05) is 0 Å². The molecule has 3 N–H and O–H groups in total. The molecule has 2 aliphatic rings. The van der Waals surface area contributed by atoms with Crippen LogP contribution in [-0.2, 0) is 14.8 Å². The number of nitrogens with one attached hydrogen (secondary N) is 3. The summed E-state index contributed by atoms with van der Waals surface area (Å²) in [5, 5.41) is -0.841. The van der Waals surface area contributed by atoms with Gasteiger partial charge in [-0.05, 0) is 43.4 Å². The number of ether oxygens (including phenoxy) is 1. The lowest BCUT2D eigenvalue weighted by atomic mass is 9.72. The van der Waals surface area contributed by atoms with Crippen LogP contribution in [0.1, 0.15) is 30.9 Å². The van der Waals surface area contributed by atoms with Crippen LogP contribution in [-0.4, -0.2) is 31.7 Å². The molecule has 0 spiro atoms. The summed E-state index contributed by atoms with van der Waals surface area (Å²) >= 11 is 6.79. The largest absolute Gasteiger partial charge is 0.496 e. The lowest BCUT2D eigenvalue weighted by Gasteiger charge is -2.43. The number of hydrogen-bond acceptors (Lipinski definition) is 7. The number of carbonyl (C=O) groups excluding carboxylic acids is 1. The molecular weight excluding hydrogens is 455 g/mol. The van der Waals surface area contributed by atoms with Gasteiger partial charge in [0.05, 0.1) is 24.6 Å². The number of carbonyl (C=O) groups is 1. The van der Waals surface area contributed by atoms with E-state index in [0.717, 1.165) is 11.8 Å². The number of hydrazine groups is 1. The number of anilines is 1. The molecule has 30 heavy (non-hydrogen) atoms. The molecule has 1 aliphatic carbocycles. The number of nitrogens with zero attached hydrogens (tertiary/aromatic N) is 1. The highest BCUT2D eigenvalue weighted by molar-refractivity contribution is 7.93. The maximum absolute atomic E-state index is 13.2. The Hall–Kier alpha value is -1.95. The Kier molecular flexibility index (Phi) is 5.88. The lowest BCUT2D eigenvalue weighted by molar-refractivity contribution is -0.133. The van der Waals surface area contributed by atoms with Gasteiger partial charge in [0.25, 0.3) is 0 Å². The van der Waals surface area contributed by atoms with Crippen molar-refractivity contribution < 1.29 is 22.3 Å². The number of aromatic nitrogens is 1. The molecule has 1 amide bonds. The van der Waals surface area contributed by atoms with E-state index in [4.69, 9.17) is 16.3 Å². The molecule has 1 aromatic heterocycles. The molecule has 1 saturated heterocycles. The number of amides is 1. The predicted octanol–water partition coefficient (Wildman–Crippen LogP) is 2.85. The molecule has 8 nitrogen and oxygen atoms in total. The summed E-state index contributed by atoms with van der Waals surface area (Å²) in [4.78, 5) is 16.3. The SMILES string of the molecule is COc1ccc(Cl)cc1C1NNC(=O)C2CC(S(=O)(=O)Nc3ncc(F)s3)CCC21. The van der Waals surface area contributed by atoms with Crippen LogP contribution in [0.4, 0.5) is 9.52 Å². The average molecular weight is 475 g/mol. The van der Waals surface area contributed by atoms with Crippen molar-refractivity contribution in [2.24, 2.45) is 11.8 Å². The van der Waals surface area contributed by atoms with Crippen LogP contribution in [0.3, 0.4) is 0 Å². The van der Waals surface area contributed by atoms with Gasteiger partial charge in [0.1, 0.15) is 5.75 Å². The smallest absolute Gasteiger partial charge is 0.237 e. The van der Waals surface area contributed by atoms with Crippen LogP contribution in [0.5, 0.6) is 5.75 Å². The van der Waals surface area contributed by atoms with E-state index < -0.39 is 26.3 Å². The molecule has 1 saturated carbocycles. The zero-order chi connectivity index (χ0) is 21.5. The molecule has 2 fully saturated rings. The minimum absolute atomic E-state index is 0.0223. The highest BCUT2D eigenvalue weighted by Crippen LogP contribution is 2.45. The first kappa shape index (κ1) is 21.3. The predicted molar refractivity (Wildman–Crippen MR) is 111 cm³/mol. The third kappa shape index (κ3) is 4.11. The molecule has 0 bridgehead atoms. The van der Waals surface area contributed by atoms with Crippen LogP contribution in [0, 0.1) is 17.0 Å². The second kappa shape index (κ2) is 8.29. The third-order valence-corrected chi connectivity index (χ3v) is 8.49. The number of thiazole rings is 1. The maximum atomic E-state index is 13.2. The van der Waals surface area contributed by atoms with Crippen molar-refractivity contribution in [1.82, 2.24) is 15.8 Å². The molecule has 4 atom stereocenters. The highest BCUT2D eigenvalue weighted by Gasteiger charge is 2.47. The molecule has 12 heteroatoms. The Morgan fingerprint density at radius 3 is 2.87 bits per heavy atom. The molecule has 1 aliphatic heterocycles. The molecule has 4 unspecified atom stereocenters. The van der Waals surface area contributed by atoms with Crippen molar-refractivity contribution in [1.29, 1.82) is 0 Å². The molecule has 4 rings (SSSR count). The van der Waals surface area contributed by atoms with Crippen molar-refractivity contribution in [2.45, 2.75) is 30.6 Å². The highest BCUT2D eigenvalue weighted by atomic mass is 35.5. The van der Waals surface area contributed by atoms with Gasteiger partial charge in [0.15, 0.2) is 10.3 Å². The Morgan fingerprint density at radius 2 is 2.17 bits per heavy atom. The van der Waals surface area contributed by atoms with Crippen LogP contribution < -0.4 is 20.3 Å². The zero-order valence-corrected chi connectivity index (χ0v) is 18.3. The minimum atomic E-state index is -3.81. The summed E-state index contributed by atoms with van der Waals surface area (Å²) < 4.78 is 46.5. The standard InChI is InChI=1S/C18H20ClFN4O4S2/c1-28-14-5-2-9(19)6-13(14)16-11-4-3-10(7-12(11)17(25)23-22-16)30(26,27)24-18-21-8-15(20)29-18/h2,5-6,8,10-12,16,22H,3-4,7H2,1H3,(H,21,24)(H,23,25). The quantitative estimate of drug-likeness (QED) is 0.614. The van der Waals surface area contributed by atoms with E-state index in [2.05, 4.69) is 20.6 Å². The van der Waals surface area contributed by atoms with Gasteiger partial charge in [-0.25, -0.2) is 18.8 Å². The fourth-order valence-corrected chi connectivity index (χ4v) is 6.71. The summed E-state index contributed by atoms with van der Waals surface area (Å²) in [6.45, 7) is 0. The van der Waals surface area contributed by atoms with E-state index in [9.17, 15) is 17.6 Å². The first-order valence-corrected chi connectivity index (χ1v) is 12.0. The van der Waals surface area contributed by atoms with Gasteiger partial charge in [-0.2, -0.15) is 4.39 Å². The second-order valence-corrected chi connectivity index (χ2v) is 10.7. The topological polar surface area (TPSA) is 109 Å². The van der Waals surface area contributed by atoms with E-state index in [1.54, 1.807) is 25.3 Å². The van der Waals surface area contributed by atoms with Gasteiger partial charge in [0.2, 0.25) is 15.9 Å². The van der Waals surface area contributed by atoms with Crippen LogP contribution >= 0.6 is 22.9 Å². The number of sulfonamides is 1. The summed E-state index contributed by atoms with van der Waals surface area (Å²) in [5.74, 6) is -0.260. The normalized spacial score (nSPS) is 26.6. The Balaban J connectivity index is 1.56. The molecule has 0 radical (unpaired) electrons. The van der Waals surface area contributed by atoms with Gasteiger partial charge in [-0.15, -0.1) is 0 Å². The second-order valence-electron chi connectivity index (χ2n) is 7.32. The number of fused-ring (bicyclic) bond motifs is 1. The summed E-state index contributed by atoms with van der Waals surface area (Å²) in [6, 6.07) is 5.00. The van der Waals surface area contributed by atoms with Crippen molar-refractivity contribution in [3.8, 4) is 5.75 Å². The van der Waals surface area contributed by atoms with E-state index in [1.165, 1.54) is 0 Å². The van der Waals surface area contributed by atoms with Gasteiger partial charge in [-0.3, -0.25) is 14.9 Å². The lowest BCUT2D eigenvalue weighted by Crippen LogP contribution is -2.57. The van der Waals surface area contributed by atoms with E-state index in [-0.39, 0.29) is 29.4 Å². The number of hydrogen-bond donors (Lipinski definition) is 3. The van der Waals surface area contributed by atoms with Gasteiger partial charge >= 0.3 is 0 Å². The van der Waals surface area contributed by atoms with Gasteiger partial charge < -0.3 is 4.74 Å². The monoisotopic (exact) mass is 474 g/mol. The molecular formula is C18H20ClFN4O4S2. The minimum Gasteiger partial charge on any atom is -0.496 e. The number of methoxy groups -OCH3 is 1. The van der Waals surface area contributed by atoms with Gasteiger partial charge in [-0.1, -0.05) is 22.9 Å². The molecule has 1 aromatic carbocycles. The molecule has 2 heterocycles. The molecule has 2 aromatic rings. The first-order chi connectivity index (χ1) is 14.3. The summed E-state index contributed by atoms with van der Waals surface area (Å²) in [5.41, 5.74) is 6.50. The maximum Gasteiger partial charge on any atom is 0.237 e. The van der Waals surface area contributed by atoms with Gasteiger partial charge in [0, 0.05) is 16.5 Å². The van der Waals surface area contributed by atoms with E-state index >= 15 is 0 Å². The Morgan fingerprint density at radius 1 is 1.37 bits per heavy atom. The number of benzene rings is 1.